The molecule has 0 unspecified atom stereocenters. The first-order valence-corrected chi connectivity index (χ1v) is 8.36. The molecule has 28 heavy (non-hydrogen) atoms. The van der Waals surface area contributed by atoms with E-state index in [9.17, 15) is 23.5 Å². The Bertz CT molecular complexity index is 1060. The van der Waals surface area contributed by atoms with Crippen molar-refractivity contribution in [1.82, 2.24) is 19.8 Å². The molecule has 1 aromatic heterocycles. The highest BCUT2D eigenvalue weighted by molar-refractivity contribution is 5.88. The molecular formula is C18H17F2N5O3. The molecule has 0 saturated heterocycles. The van der Waals surface area contributed by atoms with Crippen LogP contribution in [-0.2, 0) is 6.67 Å². The molecule has 0 aliphatic rings. The van der Waals surface area contributed by atoms with Gasteiger partial charge in [0, 0.05) is 11.7 Å². The Morgan fingerprint density at radius 3 is 2.39 bits per heavy atom. The Labute approximate surface area is 158 Å². The SMILES string of the molecule is CC(C)N(Cn1nnn(-c2c(F)cccc2F)c1=O)c1cccc(C(=O)O)c1. The fraction of sp³-hybridized carbons (Fsp3) is 0.222. The van der Waals surface area contributed by atoms with E-state index in [1.807, 2.05) is 13.8 Å². The summed E-state index contributed by atoms with van der Waals surface area (Å²) in [5.41, 5.74) is -0.798. The summed E-state index contributed by atoms with van der Waals surface area (Å²) in [6, 6.07) is 9.28. The number of aromatic nitrogens is 4. The van der Waals surface area contributed by atoms with E-state index in [-0.39, 0.29) is 18.3 Å². The molecule has 1 N–H and O–H groups in total. The summed E-state index contributed by atoms with van der Waals surface area (Å²) in [6.07, 6.45) is 0. The number of halogens is 2. The van der Waals surface area contributed by atoms with Gasteiger partial charge in [0.15, 0.2) is 11.6 Å². The summed E-state index contributed by atoms with van der Waals surface area (Å²) in [5, 5.41) is 16.5. The Hall–Kier alpha value is -3.56. The van der Waals surface area contributed by atoms with Crippen molar-refractivity contribution in [2.75, 3.05) is 4.90 Å². The van der Waals surface area contributed by atoms with Crippen LogP contribution in [0.1, 0.15) is 24.2 Å². The summed E-state index contributed by atoms with van der Waals surface area (Å²) in [7, 11) is 0. The second-order valence-electron chi connectivity index (χ2n) is 6.30. The summed E-state index contributed by atoms with van der Waals surface area (Å²) < 4.78 is 29.4. The van der Waals surface area contributed by atoms with Crippen molar-refractivity contribution in [2.24, 2.45) is 0 Å². The lowest BCUT2D eigenvalue weighted by Gasteiger charge is -2.28. The molecular weight excluding hydrogens is 372 g/mol. The molecule has 0 amide bonds. The van der Waals surface area contributed by atoms with Gasteiger partial charge in [-0.25, -0.2) is 18.4 Å². The van der Waals surface area contributed by atoms with Crippen molar-refractivity contribution in [3.05, 3.63) is 70.1 Å². The van der Waals surface area contributed by atoms with Crippen LogP contribution >= 0.6 is 0 Å². The number of carboxylic acids is 1. The maximum Gasteiger partial charge on any atom is 0.370 e. The summed E-state index contributed by atoms with van der Waals surface area (Å²) in [5.74, 6) is -2.96. The van der Waals surface area contributed by atoms with E-state index in [4.69, 9.17) is 0 Å². The summed E-state index contributed by atoms with van der Waals surface area (Å²) in [6.45, 7) is 3.61. The quantitative estimate of drug-likeness (QED) is 0.695. The highest BCUT2D eigenvalue weighted by Gasteiger charge is 2.20. The topological polar surface area (TPSA) is 93.3 Å². The van der Waals surface area contributed by atoms with E-state index in [2.05, 4.69) is 10.4 Å². The molecule has 0 bridgehead atoms. The van der Waals surface area contributed by atoms with Gasteiger partial charge in [0.25, 0.3) is 0 Å². The van der Waals surface area contributed by atoms with Crippen LogP contribution < -0.4 is 10.6 Å². The molecule has 0 aliphatic heterocycles. The second kappa shape index (κ2) is 7.59. The van der Waals surface area contributed by atoms with E-state index >= 15 is 0 Å². The number of nitrogens with zero attached hydrogens (tertiary/aromatic N) is 5. The molecule has 1 heterocycles. The van der Waals surface area contributed by atoms with E-state index in [1.54, 1.807) is 17.0 Å². The van der Waals surface area contributed by atoms with Gasteiger partial charge in [-0.1, -0.05) is 12.1 Å². The van der Waals surface area contributed by atoms with Crippen LogP contribution in [0.5, 0.6) is 0 Å². The molecule has 8 nitrogen and oxygen atoms in total. The smallest absolute Gasteiger partial charge is 0.370 e. The van der Waals surface area contributed by atoms with Crippen LogP contribution in [0.15, 0.2) is 47.3 Å². The first kappa shape index (κ1) is 19.2. The lowest BCUT2D eigenvalue weighted by molar-refractivity contribution is 0.0697. The first-order chi connectivity index (χ1) is 13.3. The molecule has 10 heteroatoms. The molecule has 3 aromatic rings. The minimum absolute atomic E-state index is 0.0877. The normalized spacial score (nSPS) is 11.0. The van der Waals surface area contributed by atoms with Gasteiger partial charge >= 0.3 is 11.7 Å². The largest absolute Gasteiger partial charge is 0.478 e. The van der Waals surface area contributed by atoms with Crippen LogP contribution in [0.25, 0.3) is 5.69 Å². The molecule has 2 aromatic carbocycles. The van der Waals surface area contributed by atoms with E-state index in [0.29, 0.717) is 10.4 Å². The van der Waals surface area contributed by atoms with Crippen LogP contribution in [-0.4, -0.2) is 36.9 Å². The molecule has 146 valence electrons. The molecule has 0 saturated carbocycles. The number of carbonyl (C=O) groups is 1. The molecule has 0 aliphatic carbocycles. The number of carboxylic acid groups (broad SMARTS) is 1. The maximum atomic E-state index is 14.0. The van der Waals surface area contributed by atoms with Crippen molar-refractivity contribution < 1.29 is 18.7 Å². The third-order valence-corrected chi connectivity index (χ3v) is 4.12. The van der Waals surface area contributed by atoms with Crippen LogP contribution in [0.4, 0.5) is 14.5 Å². The van der Waals surface area contributed by atoms with E-state index < -0.39 is 29.0 Å². The summed E-state index contributed by atoms with van der Waals surface area (Å²) >= 11 is 0. The molecule has 0 radical (unpaired) electrons. The predicted octanol–water partition coefficient (Wildman–Crippen LogP) is 2.28. The van der Waals surface area contributed by atoms with Gasteiger partial charge < -0.3 is 10.0 Å². The van der Waals surface area contributed by atoms with Crippen LogP contribution in [0.3, 0.4) is 0 Å². The van der Waals surface area contributed by atoms with Crippen molar-refractivity contribution in [3.8, 4) is 5.69 Å². The van der Waals surface area contributed by atoms with Crippen molar-refractivity contribution in [2.45, 2.75) is 26.6 Å². The van der Waals surface area contributed by atoms with Gasteiger partial charge in [0.2, 0.25) is 0 Å². The number of rotatable bonds is 6. The molecule has 0 spiro atoms. The zero-order chi connectivity index (χ0) is 20.4. The Balaban J connectivity index is 1.98. The summed E-state index contributed by atoms with van der Waals surface area (Å²) in [4.78, 5) is 25.5. The second-order valence-corrected chi connectivity index (χ2v) is 6.30. The average Bonchev–Trinajstić information content (AvgIpc) is 3.00. The Morgan fingerprint density at radius 1 is 1.14 bits per heavy atom. The van der Waals surface area contributed by atoms with E-state index in [0.717, 1.165) is 16.8 Å². The fourth-order valence-corrected chi connectivity index (χ4v) is 2.70. The third-order valence-electron chi connectivity index (χ3n) is 4.12. The highest BCUT2D eigenvalue weighted by Crippen LogP contribution is 2.20. The molecule has 0 fully saturated rings. The number of hydrogen-bond acceptors (Lipinski definition) is 5. The van der Waals surface area contributed by atoms with Crippen molar-refractivity contribution >= 4 is 11.7 Å². The molecule has 0 atom stereocenters. The lowest BCUT2D eigenvalue weighted by Crippen LogP contribution is -2.38. The van der Waals surface area contributed by atoms with Gasteiger partial charge in [-0.15, -0.1) is 0 Å². The highest BCUT2D eigenvalue weighted by atomic mass is 19.1. The zero-order valence-corrected chi connectivity index (χ0v) is 15.1. The standard InChI is InChI=1S/C18H17F2N5O3/c1-11(2)23(13-6-3-5-12(9-13)17(26)27)10-24-18(28)25(22-21-24)16-14(19)7-4-8-15(16)20/h3-9,11H,10H2,1-2H3,(H,26,27). The Morgan fingerprint density at radius 2 is 1.79 bits per heavy atom. The number of aromatic carboxylic acids is 1. The van der Waals surface area contributed by atoms with Gasteiger partial charge in [0.1, 0.15) is 12.4 Å². The Kier molecular flexibility index (Phi) is 5.21. The maximum absolute atomic E-state index is 14.0. The fourth-order valence-electron chi connectivity index (χ4n) is 2.70. The van der Waals surface area contributed by atoms with Crippen molar-refractivity contribution in [3.63, 3.8) is 0 Å². The monoisotopic (exact) mass is 389 g/mol. The van der Waals surface area contributed by atoms with Gasteiger partial charge in [-0.3, -0.25) is 0 Å². The van der Waals surface area contributed by atoms with Crippen LogP contribution in [0.2, 0.25) is 0 Å². The van der Waals surface area contributed by atoms with E-state index in [1.165, 1.54) is 18.2 Å². The molecule has 3 rings (SSSR count). The number of tetrazole rings is 1. The first-order valence-electron chi connectivity index (χ1n) is 8.36. The minimum atomic E-state index is -1.08. The predicted molar refractivity (Wildman–Crippen MR) is 96.6 cm³/mol. The minimum Gasteiger partial charge on any atom is -0.478 e. The van der Waals surface area contributed by atoms with Crippen LogP contribution in [0, 0.1) is 11.6 Å². The lowest BCUT2D eigenvalue weighted by atomic mass is 10.1. The van der Waals surface area contributed by atoms with Gasteiger partial charge in [-0.05, 0) is 54.6 Å². The number of para-hydroxylation sites is 1. The third kappa shape index (κ3) is 3.61. The number of benzene rings is 2. The number of hydrogen-bond donors (Lipinski definition) is 1. The van der Waals surface area contributed by atoms with Gasteiger partial charge in [-0.2, -0.15) is 9.36 Å². The zero-order valence-electron chi connectivity index (χ0n) is 15.1. The van der Waals surface area contributed by atoms with Crippen molar-refractivity contribution in [1.29, 1.82) is 0 Å². The number of anilines is 1. The van der Waals surface area contributed by atoms with Gasteiger partial charge in [0.05, 0.1) is 5.56 Å². The average molecular weight is 389 g/mol.